The maximum Gasteiger partial charge on any atom is 0.0910 e. The number of benzene rings is 1. The van der Waals surface area contributed by atoms with Gasteiger partial charge in [-0.1, -0.05) is 50.1 Å². The summed E-state index contributed by atoms with van der Waals surface area (Å²) in [4.78, 5) is 0. The summed E-state index contributed by atoms with van der Waals surface area (Å²) in [6.07, 6.45) is 3.37. The van der Waals surface area contributed by atoms with Crippen LogP contribution in [0, 0.1) is 17.8 Å². The van der Waals surface area contributed by atoms with Gasteiger partial charge in [-0.2, -0.15) is 0 Å². The number of hydrogen-bond acceptors (Lipinski definition) is 1. The molecule has 0 spiro atoms. The second-order valence-electron chi connectivity index (χ2n) is 6.09. The van der Waals surface area contributed by atoms with Gasteiger partial charge in [-0.15, -0.1) is 0 Å². The minimum Gasteiger partial charge on any atom is -0.385 e. The molecule has 0 aliphatic heterocycles. The van der Waals surface area contributed by atoms with Gasteiger partial charge in [0, 0.05) is 10.6 Å². The smallest absolute Gasteiger partial charge is 0.0910 e. The van der Waals surface area contributed by atoms with Gasteiger partial charge in [0.1, 0.15) is 0 Å². The fraction of sp³-hybridized carbons (Fsp3) is 0.625. The Morgan fingerprint density at radius 1 is 1.17 bits per heavy atom. The molecule has 0 bridgehead atoms. The molecule has 1 saturated carbocycles. The normalized spacial score (nSPS) is 31.9. The van der Waals surface area contributed by atoms with E-state index < -0.39 is 5.60 Å². The average Bonchev–Trinajstić information content (AvgIpc) is 2.33. The Morgan fingerprint density at radius 2 is 1.83 bits per heavy atom. The lowest BCUT2D eigenvalue weighted by molar-refractivity contribution is -0.0370. The zero-order chi connectivity index (χ0) is 13.3. The predicted molar refractivity (Wildman–Crippen MR) is 76.7 cm³/mol. The van der Waals surface area contributed by atoms with Crippen LogP contribution in [0.2, 0.25) is 5.02 Å². The van der Waals surface area contributed by atoms with Gasteiger partial charge in [-0.25, -0.2) is 0 Å². The number of halogens is 1. The van der Waals surface area contributed by atoms with Crippen molar-refractivity contribution in [2.24, 2.45) is 17.8 Å². The molecule has 4 unspecified atom stereocenters. The summed E-state index contributed by atoms with van der Waals surface area (Å²) < 4.78 is 0. The van der Waals surface area contributed by atoms with Crippen molar-refractivity contribution in [2.75, 3.05) is 0 Å². The molecular formula is C16H23ClO. The Morgan fingerprint density at radius 3 is 2.44 bits per heavy atom. The van der Waals surface area contributed by atoms with E-state index in [-0.39, 0.29) is 0 Å². The van der Waals surface area contributed by atoms with Gasteiger partial charge in [-0.05, 0) is 43.6 Å². The summed E-state index contributed by atoms with van der Waals surface area (Å²) in [5, 5.41) is 11.6. The van der Waals surface area contributed by atoms with Gasteiger partial charge < -0.3 is 5.11 Å². The van der Waals surface area contributed by atoms with Gasteiger partial charge in [-0.3, -0.25) is 0 Å². The lowest BCUT2D eigenvalue weighted by Crippen LogP contribution is -2.37. The van der Waals surface area contributed by atoms with Crippen molar-refractivity contribution in [1.29, 1.82) is 0 Å². The number of rotatable bonds is 2. The molecule has 0 aromatic heterocycles. The molecule has 0 saturated heterocycles. The molecule has 1 nitrogen and oxygen atoms in total. The highest BCUT2D eigenvalue weighted by Gasteiger charge is 2.38. The Hall–Kier alpha value is -0.530. The van der Waals surface area contributed by atoms with Crippen molar-refractivity contribution in [3.63, 3.8) is 0 Å². The van der Waals surface area contributed by atoms with Crippen LogP contribution in [0.4, 0.5) is 0 Å². The molecule has 2 heteroatoms. The molecule has 1 aromatic carbocycles. The predicted octanol–water partition coefficient (Wildman–Crippen LogP) is 4.62. The number of hydrogen-bond donors (Lipinski definition) is 1. The molecule has 1 aromatic rings. The van der Waals surface area contributed by atoms with E-state index >= 15 is 0 Å². The maximum absolute atomic E-state index is 10.9. The van der Waals surface area contributed by atoms with Crippen molar-refractivity contribution >= 4 is 11.6 Å². The Balaban J connectivity index is 2.24. The van der Waals surface area contributed by atoms with Crippen LogP contribution in [0.1, 0.15) is 45.6 Å². The average molecular weight is 267 g/mol. The van der Waals surface area contributed by atoms with Gasteiger partial charge in [0.2, 0.25) is 0 Å². The molecule has 100 valence electrons. The molecule has 0 amide bonds. The molecule has 0 heterocycles. The molecule has 4 atom stereocenters. The lowest BCUT2D eigenvalue weighted by Gasteiger charge is -2.41. The molecule has 1 N–H and O–H groups in total. The van der Waals surface area contributed by atoms with Crippen molar-refractivity contribution in [3.8, 4) is 0 Å². The highest BCUT2D eigenvalue weighted by Crippen LogP contribution is 2.44. The first kappa shape index (κ1) is 13.9. The van der Waals surface area contributed by atoms with Crippen LogP contribution in [-0.4, -0.2) is 5.11 Å². The van der Waals surface area contributed by atoms with E-state index in [2.05, 4.69) is 13.8 Å². The summed E-state index contributed by atoms with van der Waals surface area (Å²) >= 11 is 6.23. The van der Waals surface area contributed by atoms with Gasteiger partial charge in [0.05, 0.1) is 5.60 Å². The molecular weight excluding hydrogens is 244 g/mol. The minimum absolute atomic E-state index is 0.309. The van der Waals surface area contributed by atoms with E-state index in [4.69, 9.17) is 11.6 Å². The highest BCUT2D eigenvalue weighted by atomic mass is 35.5. The SMILES string of the molecule is CC1CCC(C(C)(O)c2ccccc2Cl)CC1C. The second kappa shape index (κ2) is 5.22. The van der Waals surface area contributed by atoms with Crippen LogP contribution in [0.25, 0.3) is 0 Å². The fourth-order valence-electron chi connectivity index (χ4n) is 3.15. The lowest BCUT2D eigenvalue weighted by atomic mass is 9.68. The summed E-state index contributed by atoms with van der Waals surface area (Å²) in [5.74, 6) is 1.75. The van der Waals surface area contributed by atoms with Crippen molar-refractivity contribution in [1.82, 2.24) is 0 Å². The molecule has 18 heavy (non-hydrogen) atoms. The van der Waals surface area contributed by atoms with Crippen molar-refractivity contribution in [3.05, 3.63) is 34.9 Å². The summed E-state index contributed by atoms with van der Waals surface area (Å²) in [6.45, 7) is 6.52. The van der Waals surface area contributed by atoms with Crippen LogP contribution in [0.15, 0.2) is 24.3 Å². The quantitative estimate of drug-likeness (QED) is 0.828. The number of aliphatic hydroxyl groups is 1. The third-order valence-corrected chi connectivity index (χ3v) is 5.14. The third kappa shape index (κ3) is 2.57. The van der Waals surface area contributed by atoms with Crippen molar-refractivity contribution in [2.45, 2.75) is 45.6 Å². The standard InChI is InChI=1S/C16H23ClO/c1-11-8-9-13(10-12(11)2)16(3,18)14-6-4-5-7-15(14)17/h4-7,11-13,18H,8-10H2,1-3H3. The van der Waals surface area contributed by atoms with Gasteiger partial charge >= 0.3 is 0 Å². The molecule has 1 aliphatic carbocycles. The topological polar surface area (TPSA) is 20.2 Å². The first-order valence-corrected chi connectivity index (χ1v) is 7.28. The van der Waals surface area contributed by atoms with E-state index in [1.54, 1.807) is 0 Å². The molecule has 1 fully saturated rings. The van der Waals surface area contributed by atoms with Crippen LogP contribution in [-0.2, 0) is 5.60 Å². The van der Waals surface area contributed by atoms with Crippen LogP contribution < -0.4 is 0 Å². The fourth-order valence-corrected chi connectivity index (χ4v) is 3.48. The van der Waals surface area contributed by atoms with E-state index in [9.17, 15) is 5.11 Å². The highest BCUT2D eigenvalue weighted by molar-refractivity contribution is 6.31. The molecule has 0 radical (unpaired) electrons. The molecule has 2 rings (SSSR count). The first-order chi connectivity index (χ1) is 8.43. The van der Waals surface area contributed by atoms with E-state index in [1.807, 2.05) is 31.2 Å². The van der Waals surface area contributed by atoms with Crippen molar-refractivity contribution < 1.29 is 5.11 Å². The monoisotopic (exact) mass is 266 g/mol. The van der Waals surface area contributed by atoms with E-state index in [1.165, 1.54) is 6.42 Å². The maximum atomic E-state index is 10.9. The van der Waals surface area contributed by atoms with E-state index in [0.29, 0.717) is 16.9 Å². The zero-order valence-electron chi connectivity index (χ0n) is 11.5. The third-order valence-electron chi connectivity index (χ3n) is 4.81. The Kier molecular flexibility index (Phi) is 4.03. The van der Waals surface area contributed by atoms with Crippen LogP contribution >= 0.6 is 11.6 Å². The first-order valence-electron chi connectivity index (χ1n) is 6.90. The second-order valence-corrected chi connectivity index (χ2v) is 6.50. The van der Waals surface area contributed by atoms with Crippen LogP contribution in [0.3, 0.4) is 0 Å². The van der Waals surface area contributed by atoms with E-state index in [0.717, 1.165) is 24.3 Å². The summed E-state index contributed by atoms with van der Waals surface area (Å²) in [7, 11) is 0. The van der Waals surface area contributed by atoms with Gasteiger partial charge in [0.25, 0.3) is 0 Å². The Bertz CT molecular complexity index is 413. The summed E-state index contributed by atoms with van der Waals surface area (Å²) in [5.41, 5.74) is 0.0608. The molecule has 1 aliphatic rings. The van der Waals surface area contributed by atoms with Gasteiger partial charge in [0.15, 0.2) is 0 Å². The zero-order valence-corrected chi connectivity index (χ0v) is 12.2. The largest absolute Gasteiger partial charge is 0.385 e. The summed E-state index contributed by atoms with van der Waals surface area (Å²) in [6, 6.07) is 7.67. The Labute approximate surface area is 115 Å². The minimum atomic E-state index is -0.813. The van der Waals surface area contributed by atoms with Crippen LogP contribution in [0.5, 0.6) is 0 Å².